The number of aryl methyl sites for hydroxylation is 1. The van der Waals surface area contributed by atoms with E-state index < -0.39 is 22.5 Å². The Hall–Kier alpha value is -2.19. The molecule has 0 heterocycles. The van der Waals surface area contributed by atoms with Gasteiger partial charge in [-0.15, -0.1) is 11.8 Å². The van der Waals surface area contributed by atoms with Crippen molar-refractivity contribution < 1.29 is 13.2 Å². The molecule has 3 rings (SSSR count). The number of amides is 1. The summed E-state index contributed by atoms with van der Waals surface area (Å²) in [6.45, 7) is 1.45. The Morgan fingerprint density at radius 2 is 1.55 bits per heavy atom. The van der Waals surface area contributed by atoms with E-state index in [0.717, 1.165) is 14.8 Å². The summed E-state index contributed by atoms with van der Waals surface area (Å²) in [7, 11) is -4.00. The molecular weight excluding hydrogens is 475 g/mol. The molecule has 0 aromatic heterocycles. The molecule has 5 nitrogen and oxygen atoms in total. The van der Waals surface area contributed by atoms with Gasteiger partial charge < -0.3 is 5.32 Å². The van der Waals surface area contributed by atoms with E-state index >= 15 is 0 Å². The molecule has 0 atom stereocenters. The van der Waals surface area contributed by atoms with Crippen LogP contribution in [0, 0.1) is 6.92 Å². The van der Waals surface area contributed by atoms with Crippen molar-refractivity contribution in [2.45, 2.75) is 16.7 Å². The number of nitrogens with one attached hydrogen (secondary N) is 1. The molecule has 0 radical (unpaired) electrons. The largest absolute Gasteiger partial charge is 0.322 e. The first-order valence-electron chi connectivity index (χ1n) is 9.19. The zero-order valence-electron chi connectivity index (χ0n) is 16.8. The predicted molar refractivity (Wildman–Crippen MR) is 129 cm³/mol. The van der Waals surface area contributed by atoms with Gasteiger partial charge in [0.15, 0.2) is 0 Å². The van der Waals surface area contributed by atoms with Crippen LogP contribution in [0.4, 0.5) is 11.4 Å². The van der Waals surface area contributed by atoms with Gasteiger partial charge in [-0.1, -0.05) is 47.0 Å². The number of anilines is 2. The molecule has 0 fully saturated rings. The zero-order chi connectivity index (χ0) is 22.6. The average Bonchev–Trinajstić information content (AvgIpc) is 2.75. The van der Waals surface area contributed by atoms with E-state index in [1.807, 2.05) is 13.2 Å². The minimum Gasteiger partial charge on any atom is -0.322 e. The molecule has 0 aliphatic rings. The van der Waals surface area contributed by atoms with Crippen LogP contribution in [-0.2, 0) is 14.8 Å². The van der Waals surface area contributed by atoms with Crippen LogP contribution in [0.2, 0.25) is 10.0 Å². The summed E-state index contributed by atoms with van der Waals surface area (Å²) < 4.78 is 27.9. The van der Waals surface area contributed by atoms with Crippen molar-refractivity contribution in [1.29, 1.82) is 0 Å². The third kappa shape index (κ3) is 5.54. The van der Waals surface area contributed by atoms with Gasteiger partial charge in [-0.3, -0.25) is 9.10 Å². The van der Waals surface area contributed by atoms with Crippen LogP contribution in [-0.4, -0.2) is 27.1 Å². The Morgan fingerprint density at radius 3 is 2.10 bits per heavy atom. The van der Waals surface area contributed by atoms with E-state index in [0.29, 0.717) is 5.69 Å². The molecular formula is C22H20Cl2N2O3S2. The van der Waals surface area contributed by atoms with Gasteiger partial charge in [-0.05, 0) is 61.7 Å². The van der Waals surface area contributed by atoms with Crippen molar-refractivity contribution in [2.75, 3.05) is 22.4 Å². The normalized spacial score (nSPS) is 11.2. The number of sulfonamides is 1. The standard InChI is InChI=1S/C22H20Cl2N2O3S2/c1-15-6-8-16(9-7-15)26(31(28,29)18-12-10-17(30-2)11-13-18)14-21(27)25-22-19(23)4-3-5-20(22)24/h3-13H,14H2,1-2H3,(H,25,27). The number of halogens is 2. The van der Waals surface area contributed by atoms with Crippen LogP contribution in [0.5, 0.6) is 0 Å². The van der Waals surface area contributed by atoms with Gasteiger partial charge in [0.05, 0.1) is 26.3 Å². The molecule has 0 bridgehead atoms. The van der Waals surface area contributed by atoms with E-state index in [1.54, 1.807) is 54.6 Å². The van der Waals surface area contributed by atoms with Gasteiger partial charge in [0, 0.05) is 4.90 Å². The van der Waals surface area contributed by atoms with Crippen molar-refractivity contribution in [3.63, 3.8) is 0 Å². The van der Waals surface area contributed by atoms with Gasteiger partial charge in [0.1, 0.15) is 6.54 Å². The van der Waals surface area contributed by atoms with Gasteiger partial charge in [-0.2, -0.15) is 0 Å². The third-order valence-corrected chi connectivity index (χ3v) is 7.65. The highest BCUT2D eigenvalue weighted by atomic mass is 35.5. The molecule has 3 aromatic carbocycles. The molecule has 9 heteroatoms. The lowest BCUT2D eigenvalue weighted by Crippen LogP contribution is -2.38. The number of carbonyl (C=O) groups excluding carboxylic acids is 1. The second kappa shape index (κ2) is 9.96. The number of nitrogens with zero attached hydrogens (tertiary/aromatic N) is 1. The summed E-state index contributed by atoms with van der Waals surface area (Å²) >= 11 is 13.8. The second-order valence-corrected chi connectivity index (χ2v) is 10.2. The van der Waals surface area contributed by atoms with E-state index in [9.17, 15) is 13.2 Å². The molecule has 1 N–H and O–H groups in total. The van der Waals surface area contributed by atoms with Crippen LogP contribution in [0.1, 0.15) is 5.56 Å². The number of thioether (sulfide) groups is 1. The lowest BCUT2D eigenvalue weighted by Gasteiger charge is -2.24. The summed E-state index contributed by atoms with van der Waals surface area (Å²) in [5.74, 6) is -0.570. The van der Waals surface area contributed by atoms with E-state index in [-0.39, 0.29) is 20.6 Å². The molecule has 0 saturated carbocycles. The summed E-state index contributed by atoms with van der Waals surface area (Å²) in [5, 5.41) is 3.14. The molecule has 0 aliphatic heterocycles. The number of rotatable bonds is 7. The summed E-state index contributed by atoms with van der Waals surface area (Å²) in [5.41, 5.74) is 1.58. The fourth-order valence-corrected chi connectivity index (χ4v) is 5.15. The number of benzene rings is 3. The molecule has 3 aromatic rings. The van der Waals surface area contributed by atoms with Crippen LogP contribution >= 0.6 is 35.0 Å². The summed E-state index contributed by atoms with van der Waals surface area (Å²) in [6, 6.07) is 18.3. The molecule has 162 valence electrons. The van der Waals surface area contributed by atoms with Crippen molar-refractivity contribution in [3.8, 4) is 0 Å². The van der Waals surface area contributed by atoms with Crippen molar-refractivity contribution >= 4 is 62.3 Å². The summed E-state index contributed by atoms with van der Waals surface area (Å²) in [4.78, 5) is 13.8. The number of para-hydroxylation sites is 1. The molecule has 31 heavy (non-hydrogen) atoms. The first-order valence-corrected chi connectivity index (χ1v) is 12.6. The van der Waals surface area contributed by atoms with E-state index in [1.165, 1.54) is 23.9 Å². The molecule has 0 unspecified atom stereocenters. The monoisotopic (exact) mass is 494 g/mol. The molecule has 0 spiro atoms. The quantitative estimate of drug-likeness (QED) is 0.417. The Bertz CT molecular complexity index is 1160. The summed E-state index contributed by atoms with van der Waals surface area (Å²) in [6.07, 6.45) is 1.91. The number of hydrogen-bond acceptors (Lipinski definition) is 4. The van der Waals surface area contributed by atoms with E-state index in [4.69, 9.17) is 23.2 Å². The van der Waals surface area contributed by atoms with Crippen LogP contribution in [0.25, 0.3) is 0 Å². The zero-order valence-corrected chi connectivity index (χ0v) is 19.9. The Kier molecular flexibility index (Phi) is 7.54. The van der Waals surface area contributed by atoms with E-state index in [2.05, 4.69) is 5.32 Å². The molecule has 0 saturated heterocycles. The number of hydrogen-bond donors (Lipinski definition) is 1. The van der Waals surface area contributed by atoms with Gasteiger partial charge in [-0.25, -0.2) is 8.42 Å². The Balaban J connectivity index is 1.96. The third-order valence-electron chi connectivity index (χ3n) is 4.48. The van der Waals surface area contributed by atoms with Crippen LogP contribution in [0.3, 0.4) is 0 Å². The van der Waals surface area contributed by atoms with Crippen molar-refractivity contribution in [1.82, 2.24) is 0 Å². The highest BCUT2D eigenvalue weighted by Crippen LogP contribution is 2.30. The van der Waals surface area contributed by atoms with Gasteiger partial charge >= 0.3 is 0 Å². The topological polar surface area (TPSA) is 66.5 Å². The second-order valence-electron chi connectivity index (χ2n) is 6.67. The maximum atomic E-state index is 13.4. The van der Waals surface area contributed by atoms with Gasteiger partial charge in [0.2, 0.25) is 5.91 Å². The van der Waals surface area contributed by atoms with Gasteiger partial charge in [0.25, 0.3) is 10.0 Å². The average molecular weight is 495 g/mol. The first-order chi connectivity index (χ1) is 14.7. The minimum atomic E-state index is -4.00. The predicted octanol–water partition coefficient (Wildman–Crippen LogP) is 5.86. The SMILES string of the molecule is CSc1ccc(S(=O)(=O)N(CC(=O)Nc2c(Cl)cccc2Cl)c2ccc(C)cc2)cc1. The highest BCUT2D eigenvalue weighted by molar-refractivity contribution is 7.98. The van der Waals surface area contributed by atoms with Crippen molar-refractivity contribution in [3.05, 3.63) is 82.3 Å². The maximum Gasteiger partial charge on any atom is 0.264 e. The Morgan fingerprint density at radius 1 is 0.968 bits per heavy atom. The number of carbonyl (C=O) groups is 1. The van der Waals surface area contributed by atoms with Crippen molar-refractivity contribution in [2.24, 2.45) is 0 Å². The van der Waals surface area contributed by atoms with Crippen LogP contribution < -0.4 is 9.62 Å². The lowest BCUT2D eigenvalue weighted by molar-refractivity contribution is -0.114. The first kappa shape index (κ1) is 23.5. The smallest absolute Gasteiger partial charge is 0.264 e. The van der Waals surface area contributed by atoms with Crippen LogP contribution in [0.15, 0.2) is 76.5 Å². The molecule has 0 aliphatic carbocycles. The lowest BCUT2D eigenvalue weighted by atomic mass is 10.2. The molecule has 1 amide bonds. The maximum absolute atomic E-state index is 13.4. The fourth-order valence-electron chi connectivity index (χ4n) is 2.83. The Labute approximate surface area is 196 Å². The fraction of sp³-hybridized carbons (Fsp3) is 0.136. The minimum absolute atomic E-state index is 0.0921. The highest BCUT2D eigenvalue weighted by Gasteiger charge is 2.27.